The Kier molecular flexibility index (Phi) is 4.55. The van der Waals surface area contributed by atoms with Gasteiger partial charge in [0.2, 0.25) is 0 Å². The van der Waals surface area contributed by atoms with Gasteiger partial charge in [0, 0.05) is 31.2 Å². The molecule has 1 aliphatic carbocycles. The van der Waals surface area contributed by atoms with E-state index in [4.69, 9.17) is 0 Å². The van der Waals surface area contributed by atoms with E-state index in [2.05, 4.69) is 57.3 Å². The molecule has 0 spiro atoms. The van der Waals surface area contributed by atoms with E-state index in [1.54, 1.807) is 0 Å². The van der Waals surface area contributed by atoms with E-state index in [-0.39, 0.29) is 12.1 Å². The summed E-state index contributed by atoms with van der Waals surface area (Å²) in [5.74, 6) is 1.01. The maximum Gasteiger partial charge on any atom is 0.315 e. The smallest absolute Gasteiger partial charge is 0.315 e. The Morgan fingerprint density at radius 3 is 2.72 bits per heavy atom. The van der Waals surface area contributed by atoms with Gasteiger partial charge in [-0.25, -0.2) is 9.78 Å². The number of hydrogen-bond acceptors (Lipinski definition) is 3. The molecule has 1 aromatic carbocycles. The zero-order valence-electron chi connectivity index (χ0n) is 14.3. The Labute approximate surface area is 148 Å². The first-order chi connectivity index (χ1) is 12.3. The lowest BCUT2D eigenvalue weighted by Gasteiger charge is -2.17. The van der Waals surface area contributed by atoms with Crippen LogP contribution in [-0.2, 0) is 25.7 Å². The zero-order valence-corrected chi connectivity index (χ0v) is 14.3. The van der Waals surface area contributed by atoms with Crippen LogP contribution in [0.3, 0.4) is 0 Å². The lowest BCUT2D eigenvalue weighted by molar-refractivity contribution is 0.237. The number of aromatic nitrogens is 1. The highest BCUT2D eigenvalue weighted by Gasteiger charge is 2.22. The van der Waals surface area contributed by atoms with Crippen molar-refractivity contribution in [2.75, 3.05) is 18.4 Å². The summed E-state index contributed by atoms with van der Waals surface area (Å²) >= 11 is 0. The van der Waals surface area contributed by atoms with Gasteiger partial charge in [0.25, 0.3) is 0 Å². The molecule has 5 heteroatoms. The van der Waals surface area contributed by atoms with Gasteiger partial charge in [0.05, 0.1) is 0 Å². The van der Waals surface area contributed by atoms with Gasteiger partial charge < -0.3 is 16.0 Å². The number of pyridine rings is 1. The molecule has 130 valence electrons. The number of anilines is 1. The SMILES string of the molecule is O=C(NCCc1ccc2c(n1)NCCC2)NC1Cc2ccccc2C1. The van der Waals surface area contributed by atoms with Gasteiger partial charge in [-0.2, -0.15) is 0 Å². The minimum Gasteiger partial charge on any atom is -0.370 e. The van der Waals surface area contributed by atoms with E-state index in [1.165, 1.54) is 23.1 Å². The Hall–Kier alpha value is -2.56. The average Bonchev–Trinajstić information content (AvgIpc) is 3.03. The normalized spacial score (nSPS) is 15.8. The number of amides is 2. The van der Waals surface area contributed by atoms with Crippen molar-refractivity contribution in [1.29, 1.82) is 0 Å². The quantitative estimate of drug-likeness (QED) is 0.803. The van der Waals surface area contributed by atoms with Crippen LogP contribution in [0.1, 0.15) is 28.8 Å². The van der Waals surface area contributed by atoms with Crippen LogP contribution in [0, 0.1) is 0 Å². The summed E-state index contributed by atoms with van der Waals surface area (Å²) in [4.78, 5) is 16.8. The molecule has 1 aromatic heterocycles. The van der Waals surface area contributed by atoms with Crippen molar-refractivity contribution in [3.05, 3.63) is 58.8 Å². The van der Waals surface area contributed by atoms with Gasteiger partial charge in [-0.05, 0) is 48.4 Å². The molecule has 5 nitrogen and oxygen atoms in total. The lowest BCUT2D eigenvalue weighted by Crippen LogP contribution is -2.43. The van der Waals surface area contributed by atoms with Crippen LogP contribution in [0.4, 0.5) is 10.6 Å². The van der Waals surface area contributed by atoms with Crippen molar-refractivity contribution < 1.29 is 4.79 Å². The van der Waals surface area contributed by atoms with Crippen LogP contribution in [0.5, 0.6) is 0 Å². The highest BCUT2D eigenvalue weighted by molar-refractivity contribution is 5.74. The molecular weight excluding hydrogens is 312 g/mol. The van der Waals surface area contributed by atoms with Crippen LogP contribution >= 0.6 is 0 Å². The van der Waals surface area contributed by atoms with Gasteiger partial charge >= 0.3 is 6.03 Å². The molecule has 25 heavy (non-hydrogen) atoms. The third kappa shape index (κ3) is 3.76. The molecule has 1 aliphatic heterocycles. The van der Waals surface area contributed by atoms with Gasteiger partial charge in [-0.1, -0.05) is 30.3 Å². The molecule has 4 rings (SSSR count). The standard InChI is InChI=1S/C20H24N4O/c25-20(24-18-12-15-4-1-2-5-16(15)13-18)22-11-9-17-8-7-14-6-3-10-21-19(14)23-17/h1-2,4-5,7-8,18H,3,6,9-13H2,(H,21,23)(H2,22,24,25). The first-order valence-electron chi connectivity index (χ1n) is 9.12. The number of carbonyl (C=O) groups excluding carboxylic acids is 1. The van der Waals surface area contributed by atoms with Crippen molar-refractivity contribution in [2.45, 2.75) is 38.1 Å². The first kappa shape index (κ1) is 15.9. The number of nitrogens with zero attached hydrogens (tertiary/aromatic N) is 1. The number of hydrogen-bond donors (Lipinski definition) is 3. The maximum absolute atomic E-state index is 12.1. The van der Waals surface area contributed by atoms with Gasteiger partial charge in [0.1, 0.15) is 5.82 Å². The molecule has 2 heterocycles. The van der Waals surface area contributed by atoms with Crippen LogP contribution in [0.25, 0.3) is 0 Å². The molecule has 0 saturated heterocycles. The van der Waals surface area contributed by atoms with E-state index in [0.717, 1.165) is 43.7 Å². The molecule has 2 aliphatic rings. The predicted octanol–water partition coefficient (Wildman–Crippen LogP) is 2.45. The molecular formula is C20H24N4O. The maximum atomic E-state index is 12.1. The molecule has 0 saturated carbocycles. The highest BCUT2D eigenvalue weighted by Crippen LogP contribution is 2.21. The summed E-state index contributed by atoms with van der Waals surface area (Å²) in [6, 6.07) is 12.7. The summed E-state index contributed by atoms with van der Waals surface area (Å²) in [5, 5.41) is 9.38. The van der Waals surface area contributed by atoms with E-state index < -0.39 is 0 Å². The van der Waals surface area contributed by atoms with Crippen LogP contribution in [0.2, 0.25) is 0 Å². The van der Waals surface area contributed by atoms with Gasteiger partial charge in [-0.3, -0.25) is 0 Å². The minimum atomic E-state index is -0.0890. The number of rotatable bonds is 4. The monoisotopic (exact) mass is 336 g/mol. The van der Waals surface area contributed by atoms with Crippen molar-refractivity contribution in [2.24, 2.45) is 0 Å². The highest BCUT2D eigenvalue weighted by atomic mass is 16.2. The number of urea groups is 1. The Morgan fingerprint density at radius 2 is 1.92 bits per heavy atom. The third-order valence-electron chi connectivity index (χ3n) is 5.00. The van der Waals surface area contributed by atoms with E-state index in [0.29, 0.717) is 6.54 Å². The summed E-state index contributed by atoms with van der Waals surface area (Å²) in [6.07, 6.45) is 4.84. The topological polar surface area (TPSA) is 66.0 Å². The van der Waals surface area contributed by atoms with Crippen molar-refractivity contribution >= 4 is 11.8 Å². The number of fused-ring (bicyclic) bond motifs is 2. The summed E-state index contributed by atoms with van der Waals surface area (Å²) in [5.41, 5.74) is 5.00. The summed E-state index contributed by atoms with van der Waals surface area (Å²) in [7, 11) is 0. The Bertz CT molecular complexity index is 749. The minimum absolute atomic E-state index is 0.0890. The fourth-order valence-electron chi connectivity index (χ4n) is 3.71. The fraction of sp³-hybridized carbons (Fsp3) is 0.400. The number of benzene rings is 1. The predicted molar refractivity (Wildman–Crippen MR) is 98.9 cm³/mol. The second-order valence-corrected chi connectivity index (χ2v) is 6.86. The van der Waals surface area contributed by atoms with Crippen molar-refractivity contribution in [1.82, 2.24) is 15.6 Å². The van der Waals surface area contributed by atoms with Crippen LogP contribution < -0.4 is 16.0 Å². The van der Waals surface area contributed by atoms with Crippen molar-refractivity contribution in [3.63, 3.8) is 0 Å². The Morgan fingerprint density at radius 1 is 1.12 bits per heavy atom. The van der Waals surface area contributed by atoms with Gasteiger partial charge in [-0.15, -0.1) is 0 Å². The average molecular weight is 336 g/mol. The van der Waals surface area contributed by atoms with Crippen molar-refractivity contribution in [3.8, 4) is 0 Å². The van der Waals surface area contributed by atoms with E-state index in [9.17, 15) is 4.79 Å². The molecule has 0 atom stereocenters. The van der Waals surface area contributed by atoms with Crippen LogP contribution in [-0.4, -0.2) is 30.1 Å². The molecule has 2 amide bonds. The van der Waals surface area contributed by atoms with Crippen LogP contribution in [0.15, 0.2) is 36.4 Å². The largest absolute Gasteiger partial charge is 0.370 e. The van der Waals surface area contributed by atoms with E-state index in [1.807, 2.05) is 0 Å². The first-order valence-corrected chi connectivity index (χ1v) is 9.12. The summed E-state index contributed by atoms with van der Waals surface area (Å²) < 4.78 is 0. The second kappa shape index (κ2) is 7.13. The zero-order chi connectivity index (χ0) is 17.1. The molecule has 0 bridgehead atoms. The number of carbonyl (C=O) groups is 1. The molecule has 0 radical (unpaired) electrons. The fourth-order valence-corrected chi connectivity index (χ4v) is 3.71. The number of aryl methyl sites for hydroxylation is 1. The second-order valence-electron chi connectivity index (χ2n) is 6.86. The third-order valence-corrected chi connectivity index (χ3v) is 5.00. The molecule has 0 unspecified atom stereocenters. The van der Waals surface area contributed by atoms with Gasteiger partial charge in [0.15, 0.2) is 0 Å². The lowest BCUT2D eigenvalue weighted by atomic mass is 10.1. The molecule has 0 fully saturated rings. The summed E-state index contributed by atoms with van der Waals surface area (Å²) in [6.45, 7) is 1.59. The molecule has 2 aromatic rings. The Balaban J connectivity index is 1.23. The number of nitrogens with one attached hydrogen (secondary N) is 3. The molecule has 3 N–H and O–H groups in total. The van der Waals surface area contributed by atoms with E-state index >= 15 is 0 Å².